The van der Waals surface area contributed by atoms with Crippen LogP contribution in [0.3, 0.4) is 0 Å². The normalized spacial score (nSPS) is 23.1. The third kappa shape index (κ3) is 3.72. The Kier molecular flexibility index (Phi) is 4.37. The van der Waals surface area contributed by atoms with Crippen LogP contribution in [-0.2, 0) is 6.54 Å². The summed E-state index contributed by atoms with van der Waals surface area (Å²) in [4.78, 5) is 2.49. The van der Waals surface area contributed by atoms with Crippen LogP contribution in [-0.4, -0.2) is 24.0 Å². The quantitative estimate of drug-likeness (QED) is 0.934. The van der Waals surface area contributed by atoms with Crippen molar-refractivity contribution in [2.24, 2.45) is 5.73 Å². The molecule has 0 spiro atoms. The van der Waals surface area contributed by atoms with Crippen molar-refractivity contribution < 1.29 is 0 Å². The summed E-state index contributed by atoms with van der Waals surface area (Å²) in [5, 5.41) is 0. The lowest BCUT2D eigenvalue weighted by Gasteiger charge is -2.36. The van der Waals surface area contributed by atoms with Crippen molar-refractivity contribution in [3.05, 3.63) is 71.3 Å². The predicted molar refractivity (Wildman–Crippen MR) is 88.2 cm³/mol. The minimum Gasteiger partial charge on any atom is -0.327 e. The fraction of sp³-hybridized carbons (Fsp3) is 0.368. The molecule has 0 saturated carbocycles. The number of hydrogen-bond donors (Lipinski definition) is 1. The van der Waals surface area contributed by atoms with Crippen LogP contribution >= 0.6 is 0 Å². The van der Waals surface area contributed by atoms with E-state index in [1.54, 1.807) is 0 Å². The molecular weight excluding hydrogens is 256 g/mol. The Morgan fingerprint density at radius 1 is 1.00 bits per heavy atom. The molecule has 110 valence electrons. The molecule has 1 fully saturated rings. The van der Waals surface area contributed by atoms with Crippen molar-refractivity contribution in [2.75, 3.05) is 13.1 Å². The first kappa shape index (κ1) is 14.3. The molecule has 0 aliphatic carbocycles. The van der Waals surface area contributed by atoms with Crippen LogP contribution in [0.1, 0.15) is 29.0 Å². The fourth-order valence-electron chi connectivity index (χ4n) is 3.28. The molecule has 0 aromatic heterocycles. The van der Waals surface area contributed by atoms with Gasteiger partial charge in [-0.05, 0) is 30.4 Å². The summed E-state index contributed by atoms with van der Waals surface area (Å²) in [6, 6.07) is 19.9. The van der Waals surface area contributed by atoms with Gasteiger partial charge in [-0.25, -0.2) is 0 Å². The van der Waals surface area contributed by atoms with Crippen LogP contribution in [0.25, 0.3) is 0 Å². The Balaban J connectivity index is 1.71. The van der Waals surface area contributed by atoms with Crippen LogP contribution in [0.2, 0.25) is 0 Å². The number of hydrogen-bond acceptors (Lipinski definition) is 2. The highest BCUT2D eigenvalue weighted by molar-refractivity contribution is 5.26. The van der Waals surface area contributed by atoms with E-state index in [-0.39, 0.29) is 6.04 Å². The molecule has 2 N–H and O–H groups in total. The summed E-state index contributed by atoms with van der Waals surface area (Å²) < 4.78 is 0. The van der Waals surface area contributed by atoms with E-state index >= 15 is 0 Å². The second-order valence-electron chi connectivity index (χ2n) is 6.28. The monoisotopic (exact) mass is 280 g/mol. The zero-order valence-electron chi connectivity index (χ0n) is 12.7. The van der Waals surface area contributed by atoms with Crippen LogP contribution < -0.4 is 5.73 Å². The highest BCUT2D eigenvalue weighted by Gasteiger charge is 2.26. The van der Waals surface area contributed by atoms with E-state index in [4.69, 9.17) is 5.73 Å². The molecule has 0 amide bonds. The van der Waals surface area contributed by atoms with E-state index < -0.39 is 0 Å². The predicted octanol–water partition coefficient (Wildman–Crippen LogP) is 3.31. The number of benzene rings is 2. The highest BCUT2D eigenvalue weighted by atomic mass is 15.1. The Bertz CT molecular complexity index is 562. The van der Waals surface area contributed by atoms with Gasteiger partial charge in [-0.3, -0.25) is 4.90 Å². The topological polar surface area (TPSA) is 29.3 Å². The largest absolute Gasteiger partial charge is 0.327 e. The summed E-state index contributed by atoms with van der Waals surface area (Å²) in [6.07, 6.45) is 1.09. The van der Waals surface area contributed by atoms with Gasteiger partial charge in [-0.15, -0.1) is 0 Å². The first-order valence-corrected chi connectivity index (χ1v) is 7.79. The second kappa shape index (κ2) is 6.42. The fourth-order valence-corrected chi connectivity index (χ4v) is 3.28. The van der Waals surface area contributed by atoms with E-state index in [1.807, 2.05) is 0 Å². The van der Waals surface area contributed by atoms with E-state index in [2.05, 4.69) is 66.4 Å². The minimum absolute atomic E-state index is 0.272. The number of rotatable bonds is 3. The van der Waals surface area contributed by atoms with Crippen LogP contribution in [0.4, 0.5) is 0 Å². The Morgan fingerprint density at radius 2 is 1.71 bits per heavy atom. The van der Waals surface area contributed by atoms with Gasteiger partial charge >= 0.3 is 0 Å². The number of nitrogens with two attached hydrogens (primary N) is 1. The lowest BCUT2D eigenvalue weighted by Crippen LogP contribution is -2.45. The molecule has 2 nitrogen and oxygen atoms in total. The highest BCUT2D eigenvalue weighted by Crippen LogP contribution is 2.27. The molecule has 2 atom stereocenters. The molecule has 1 aliphatic rings. The molecule has 2 aromatic carbocycles. The SMILES string of the molecule is Cc1ccc(C2CC(N)CN(Cc3ccccc3)C2)cc1. The summed E-state index contributed by atoms with van der Waals surface area (Å²) in [6.45, 7) is 5.23. The van der Waals surface area contributed by atoms with E-state index in [1.165, 1.54) is 16.7 Å². The lowest BCUT2D eigenvalue weighted by atomic mass is 9.88. The Morgan fingerprint density at radius 3 is 2.43 bits per heavy atom. The average Bonchev–Trinajstić information content (AvgIpc) is 2.48. The van der Waals surface area contributed by atoms with Gasteiger partial charge in [-0.1, -0.05) is 60.2 Å². The summed E-state index contributed by atoms with van der Waals surface area (Å²) >= 11 is 0. The number of likely N-dealkylation sites (tertiary alicyclic amines) is 1. The third-order valence-electron chi connectivity index (χ3n) is 4.36. The van der Waals surface area contributed by atoms with Crippen molar-refractivity contribution in [2.45, 2.75) is 31.8 Å². The third-order valence-corrected chi connectivity index (χ3v) is 4.36. The van der Waals surface area contributed by atoms with Crippen molar-refractivity contribution in [1.29, 1.82) is 0 Å². The molecule has 1 saturated heterocycles. The maximum absolute atomic E-state index is 6.29. The molecule has 1 heterocycles. The Labute approximate surface area is 127 Å². The van der Waals surface area contributed by atoms with Crippen molar-refractivity contribution in [3.63, 3.8) is 0 Å². The molecule has 1 aliphatic heterocycles. The van der Waals surface area contributed by atoms with Crippen LogP contribution in [0.5, 0.6) is 0 Å². The van der Waals surface area contributed by atoms with Gasteiger partial charge in [0.05, 0.1) is 0 Å². The second-order valence-corrected chi connectivity index (χ2v) is 6.28. The number of nitrogens with zero attached hydrogens (tertiary/aromatic N) is 1. The molecular formula is C19H24N2. The van der Waals surface area contributed by atoms with Gasteiger partial charge < -0.3 is 5.73 Å². The summed E-state index contributed by atoms with van der Waals surface area (Å²) in [7, 11) is 0. The summed E-state index contributed by atoms with van der Waals surface area (Å²) in [5.74, 6) is 0.554. The van der Waals surface area contributed by atoms with E-state index in [0.29, 0.717) is 5.92 Å². The van der Waals surface area contributed by atoms with Crippen molar-refractivity contribution in [3.8, 4) is 0 Å². The molecule has 0 radical (unpaired) electrons. The van der Waals surface area contributed by atoms with Crippen LogP contribution in [0.15, 0.2) is 54.6 Å². The van der Waals surface area contributed by atoms with Crippen molar-refractivity contribution >= 4 is 0 Å². The standard InChI is InChI=1S/C19H24N2/c1-15-7-9-17(10-8-15)18-11-19(20)14-21(13-18)12-16-5-3-2-4-6-16/h2-10,18-19H,11-14,20H2,1H3. The zero-order chi connectivity index (χ0) is 14.7. The van der Waals surface area contributed by atoms with Gasteiger partial charge in [-0.2, -0.15) is 0 Å². The maximum Gasteiger partial charge on any atom is 0.0234 e. The first-order chi connectivity index (χ1) is 10.2. The molecule has 2 heteroatoms. The smallest absolute Gasteiger partial charge is 0.0234 e. The van der Waals surface area contributed by atoms with Gasteiger partial charge in [0.2, 0.25) is 0 Å². The van der Waals surface area contributed by atoms with Gasteiger partial charge in [0.1, 0.15) is 0 Å². The number of aryl methyl sites for hydroxylation is 1. The maximum atomic E-state index is 6.29. The minimum atomic E-state index is 0.272. The molecule has 21 heavy (non-hydrogen) atoms. The van der Waals surface area contributed by atoms with Gasteiger partial charge in [0.15, 0.2) is 0 Å². The van der Waals surface area contributed by atoms with Crippen molar-refractivity contribution in [1.82, 2.24) is 4.90 Å². The first-order valence-electron chi connectivity index (χ1n) is 7.79. The molecule has 3 rings (SSSR count). The average molecular weight is 280 g/mol. The molecule has 0 bridgehead atoms. The van der Waals surface area contributed by atoms with E-state index in [9.17, 15) is 0 Å². The van der Waals surface area contributed by atoms with Crippen LogP contribution in [0, 0.1) is 6.92 Å². The van der Waals surface area contributed by atoms with E-state index in [0.717, 1.165) is 26.1 Å². The zero-order valence-corrected chi connectivity index (χ0v) is 12.7. The molecule has 2 aromatic rings. The van der Waals surface area contributed by atoms with Gasteiger partial charge in [0.25, 0.3) is 0 Å². The Hall–Kier alpha value is -1.64. The number of piperidine rings is 1. The lowest BCUT2D eigenvalue weighted by molar-refractivity contribution is 0.181. The van der Waals surface area contributed by atoms with Gasteiger partial charge in [0, 0.05) is 25.7 Å². The summed E-state index contributed by atoms with van der Waals surface area (Å²) in [5.41, 5.74) is 10.4. The molecule has 2 unspecified atom stereocenters.